The zero-order chi connectivity index (χ0) is 11.4. The van der Waals surface area contributed by atoms with Crippen LogP contribution in [0.15, 0.2) is 24.3 Å². The second-order valence-corrected chi connectivity index (χ2v) is 2.50. The van der Waals surface area contributed by atoms with Crippen LogP contribution in [0.1, 0.15) is 0 Å². The third kappa shape index (κ3) is 2.76. The van der Waals surface area contributed by atoms with Crippen molar-refractivity contribution in [2.75, 3.05) is 0 Å². The fourth-order valence-corrected chi connectivity index (χ4v) is 0.876. The van der Waals surface area contributed by atoms with Crippen molar-refractivity contribution >= 4 is 11.9 Å². The van der Waals surface area contributed by atoms with Gasteiger partial charge < -0.3 is 20.2 Å². The molecule has 7 nitrogen and oxygen atoms in total. The minimum atomic E-state index is -1.22. The van der Waals surface area contributed by atoms with Gasteiger partial charge in [0.1, 0.15) is 5.95 Å². The Morgan fingerprint density at radius 3 is 2.07 bits per heavy atom. The van der Waals surface area contributed by atoms with Gasteiger partial charge in [0.25, 0.3) is 11.0 Å². The van der Waals surface area contributed by atoms with Crippen LogP contribution in [0.2, 0.25) is 0 Å². The van der Waals surface area contributed by atoms with Crippen molar-refractivity contribution in [1.82, 2.24) is 0 Å². The maximum absolute atomic E-state index is 10.9. The van der Waals surface area contributed by atoms with E-state index < -0.39 is 17.0 Å². The first-order chi connectivity index (χ1) is 7.00. The predicted molar refractivity (Wildman–Crippen MR) is 45.8 cm³/mol. The highest BCUT2D eigenvalue weighted by atomic mass is 17.0. The lowest BCUT2D eigenvalue weighted by Gasteiger charge is -2.01. The molecule has 0 aliphatic carbocycles. The summed E-state index contributed by atoms with van der Waals surface area (Å²) in [6.07, 6.45) is 0. The summed E-state index contributed by atoms with van der Waals surface area (Å²) in [6, 6.07) is 4.78. The first-order valence-electron chi connectivity index (χ1n) is 3.72. The quantitative estimate of drug-likeness (QED) is 0.455. The average molecular weight is 212 g/mol. The Morgan fingerprint density at radius 1 is 1.20 bits per heavy atom. The number of aliphatic hydroxyl groups excluding tert-OH is 1. The predicted octanol–water partition coefficient (Wildman–Crippen LogP) is -1.50. The monoisotopic (exact) mass is 212 g/mol. The van der Waals surface area contributed by atoms with Crippen LogP contribution in [0, 0.1) is 10.1 Å². The van der Waals surface area contributed by atoms with Gasteiger partial charge in [0.2, 0.25) is 0 Å². The molecule has 0 fully saturated rings. The van der Waals surface area contributed by atoms with Crippen molar-refractivity contribution in [2.45, 2.75) is 0 Å². The number of hydrogen-bond donors (Lipinski definition) is 2. The maximum Gasteiger partial charge on any atom is 0.281 e. The Labute approximate surface area is 82.9 Å². The van der Waals surface area contributed by atoms with E-state index in [4.69, 9.17) is 10.2 Å². The zero-order valence-electron chi connectivity index (χ0n) is 7.28. The molecular formula is C8H6NO6-. The lowest BCUT2D eigenvalue weighted by Crippen LogP contribution is -2.22. The van der Waals surface area contributed by atoms with Crippen LogP contribution in [-0.4, -0.2) is 15.3 Å². The SMILES string of the molecule is O=[N+]([O-])OC([O-])=c1ccc(=C(O)O)cc1. The van der Waals surface area contributed by atoms with Crippen molar-refractivity contribution in [2.24, 2.45) is 0 Å². The highest BCUT2D eigenvalue weighted by molar-refractivity contribution is 5.29. The second-order valence-electron chi connectivity index (χ2n) is 2.50. The van der Waals surface area contributed by atoms with Gasteiger partial charge in [-0.1, -0.05) is 12.1 Å². The molecule has 0 heterocycles. The summed E-state index contributed by atoms with van der Waals surface area (Å²) in [7, 11) is 0. The third-order valence-electron chi connectivity index (χ3n) is 1.54. The number of aliphatic hydroxyl groups is 2. The van der Waals surface area contributed by atoms with E-state index in [1.807, 2.05) is 0 Å². The summed E-state index contributed by atoms with van der Waals surface area (Å²) in [5.74, 6) is -2.02. The van der Waals surface area contributed by atoms with Crippen LogP contribution >= 0.6 is 0 Å². The molecule has 1 aromatic rings. The van der Waals surface area contributed by atoms with Gasteiger partial charge in [-0.25, -0.2) is 0 Å². The van der Waals surface area contributed by atoms with Crippen LogP contribution in [0.5, 0.6) is 0 Å². The molecule has 15 heavy (non-hydrogen) atoms. The number of benzene rings is 1. The van der Waals surface area contributed by atoms with E-state index in [1.54, 1.807) is 0 Å². The normalized spacial score (nSPS) is 9.33. The molecule has 0 bridgehead atoms. The van der Waals surface area contributed by atoms with Gasteiger partial charge in [-0.3, -0.25) is 0 Å². The van der Waals surface area contributed by atoms with E-state index in [0.717, 1.165) is 0 Å². The summed E-state index contributed by atoms with van der Waals surface area (Å²) >= 11 is 0. The highest BCUT2D eigenvalue weighted by Gasteiger charge is 1.95. The fraction of sp³-hybridized carbons (Fsp3) is 0. The van der Waals surface area contributed by atoms with Gasteiger partial charge in [0, 0.05) is 5.22 Å². The summed E-state index contributed by atoms with van der Waals surface area (Å²) in [4.78, 5) is 13.5. The summed E-state index contributed by atoms with van der Waals surface area (Å²) in [5.41, 5.74) is 0. The molecule has 7 heteroatoms. The van der Waals surface area contributed by atoms with E-state index in [0.29, 0.717) is 0 Å². The number of nitrogens with zero attached hydrogens (tertiary/aromatic N) is 1. The van der Waals surface area contributed by atoms with E-state index >= 15 is 0 Å². The molecule has 0 saturated heterocycles. The molecule has 1 aromatic carbocycles. The summed E-state index contributed by atoms with van der Waals surface area (Å²) in [6.45, 7) is 0. The molecule has 0 saturated carbocycles. The van der Waals surface area contributed by atoms with Crippen LogP contribution in [0.3, 0.4) is 0 Å². The first kappa shape index (κ1) is 10.6. The van der Waals surface area contributed by atoms with Crippen molar-refractivity contribution < 1.29 is 25.2 Å². The lowest BCUT2D eigenvalue weighted by atomic mass is 10.2. The Morgan fingerprint density at radius 2 is 1.67 bits per heavy atom. The van der Waals surface area contributed by atoms with Crippen LogP contribution in [0.25, 0.3) is 11.9 Å². The first-order valence-corrected chi connectivity index (χ1v) is 3.72. The lowest BCUT2D eigenvalue weighted by molar-refractivity contribution is -0.747. The van der Waals surface area contributed by atoms with E-state index in [9.17, 15) is 15.2 Å². The molecular weight excluding hydrogens is 206 g/mol. The molecule has 80 valence electrons. The molecule has 0 aliphatic rings. The van der Waals surface area contributed by atoms with Crippen molar-refractivity contribution in [3.63, 3.8) is 0 Å². The molecule has 1 rings (SSSR count). The highest BCUT2D eigenvalue weighted by Crippen LogP contribution is 1.85. The number of rotatable bonds is 2. The molecule has 0 spiro atoms. The van der Waals surface area contributed by atoms with Crippen LogP contribution < -0.4 is 15.5 Å². The van der Waals surface area contributed by atoms with Gasteiger partial charge in [0.05, 0.1) is 5.22 Å². The average Bonchev–Trinajstić information content (AvgIpc) is 2.17. The Kier molecular flexibility index (Phi) is 2.97. The van der Waals surface area contributed by atoms with Crippen LogP contribution in [-0.2, 0) is 4.84 Å². The maximum atomic E-state index is 10.9. The molecule has 0 unspecified atom stereocenters. The standard InChI is InChI=1S/C8H7NO6/c10-7(11)5-1-3-6(4-2-5)8(12)15-9(13)14/h1-4,10-12H/p-1. The molecule has 0 aliphatic heterocycles. The molecule has 2 N–H and O–H groups in total. The largest absolute Gasteiger partial charge is 0.540 e. The number of hydrogen-bond acceptors (Lipinski definition) is 6. The fourth-order valence-electron chi connectivity index (χ4n) is 0.876. The molecule has 0 aromatic heterocycles. The van der Waals surface area contributed by atoms with Crippen molar-refractivity contribution in [3.8, 4) is 0 Å². The Hall–Kier alpha value is -2.44. The molecule has 0 amide bonds. The molecule has 0 atom stereocenters. The van der Waals surface area contributed by atoms with E-state index in [1.165, 1.54) is 24.3 Å². The third-order valence-corrected chi connectivity index (χ3v) is 1.54. The van der Waals surface area contributed by atoms with Gasteiger partial charge >= 0.3 is 0 Å². The topological polar surface area (TPSA) is 116 Å². The van der Waals surface area contributed by atoms with Gasteiger partial charge in [-0.15, -0.1) is 10.1 Å². The van der Waals surface area contributed by atoms with Gasteiger partial charge in [-0.2, -0.15) is 0 Å². The Bertz CT molecular complexity index is 467. The van der Waals surface area contributed by atoms with Gasteiger partial charge in [0.15, 0.2) is 0 Å². The summed E-state index contributed by atoms with van der Waals surface area (Å²) < 4.78 is 0. The smallest absolute Gasteiger partial charge is 0.281 e. The van der Waals surface area contributed by atoms with Crippen LogP contribution in [0.4, 0.5) is 0 Å². The minimum Gasteiger partial charge on any atom is -0.540 e. The van der Waals surface area contributed by atoms with E-state index in [-0.39, 0.29) is 10.4 Å². The minimum absolute atomic E-state index is 0.0586. The van der Waals surface area contributed by atoms with Crippen molar-refractivity contribution in [1.29, 1.82) is 0 Å². The summed E-state index contributed by atoms with van der Waals surface area (Å²) in [5, 5.41) is 36.9. The van der Waals surface area contributed by atoms with Gasteiger partial charge in [-0.05, 0) is 12.1 Å². The van der Waals surface area contributed by atoms with E-state index in [2.05, 4.69) is 4.84 Å². The second kappa shape index (κ2) is 4.18. The van der Waals surface area contributed by atoms with Crippen molar-refractivity contribution in [3.05, 3.63) is 44.8 Å². The molecule has 0 radical (unpaired) electrons. The zero-order valence-corrected chi connectivity index (χ0v) is 7.28. The Balaban J connectivity index is 3.19.